The van der Waals surface area contributed by atoms with Gasteiger partial charge in [0, 0.05) is 31.0 Å². The standard InChI is InChI=1S/C15H19N3O/c16-13-4-3-12(8-13)15(19)18(14-5-6-14)10-11-2-1-7-17-9-11/h1-4,7,9,12-14H,5-6,8,10,16H2. The van der Waals surface area contributed by atoms with E-state index in [0.717, 1.165) is 24.8 Å². The molecule has 1 aromatic heterocycles. The van der Waals surface area contributed by atoms with E-state index < -0.39 is 0 Å². The fraction of sp³-hybridized carbons (Fsp3) is 0.467. The molecular formula is C15H19N3O. The number of aromatic nitrogens is 1. The Morgan fingerprint density at radius 1 is 1.42 bits per heavy atom. The molecule has 4 nitrogen and oxygen atoms in total. The van der Waals surface area contributed by atoms with Crippen molar-refractivity contribution in [3.05, 3.63) is 42.2 Å². The Morgan fingerprint density at radius 3 is 2.84 bits per heavy atom. The van der Waals surface area contributed by atoms with Crippen molar-refractivity contribution in [2.45, 2.75) is 37.9 Å². The maximum Gasteiger partial charge on any atom is 0.230 e. The van der Waals surface area contributed by atoms with Crippen LogP contribution in [-0.4, -0.2) is 27.9 Å². The van der Waals surface area contributed by atoms with Crippen molar-refractivity contribution in [3.8, 4) is 0 Å². The summed E-state index contributed by atoms with van der Waals surface area (Å²) in [6, 6.07) is 4.38. The first-order valence-corrected chi connectivity index (χ1v) is 6.87. The molecule has 2 atom stereocenters. The summed E-state index contributed by atoms with van der Waals surface area (Å²) in [5.74, 6) is 0.183. The predicted molar refractivity (Wildman–Crippen MR) is 73.0 cm³/mol. The van der Waals surface area contributed by atoms with Crippen LogP contribution in [0.3, 0.4) is 0 Å². The summed E-state index contributed by atoms with van der Waals surface area (Å²) >= 11 is 0. The molecule has 0 spiro atoms. The van der Waals surface area contributed by atoms with Gasteiger partial charge >= 0.3 is 0 Å². The van der Waals surface area contributed by atoms with E-state index in [1.54, 1.807) is 6.20 Å². The van der Waals surface area contributed by atoms with Crippen molar-refractivity contribution in [1.82, 2.24) is 9.88 Å². The molecule has 1 heterocycles. The van der Waals surface area contributed by atoms with Crippen LogP contribution in [0.1, 0.15) is 24.8 Å². The topological polar surface area (TPSA) is 59.2 Å². The molecule has 0 radical (unpaired) electrons. The molecule has 2 N–H and O–H groups in total. The maximum atomic E-state index is 12.6. The number of hydrogen-bond donors (Lipinski definition) is 1. The number of carbonyl (C=O) groups excluding carboxylic acids is 1. The van der Waals surface area contributed by atoms with E-state index in [9.17, 15) is 4.79 Å². The summed E-state index contributed by atoms with van der Waals surface area (Å²) in [5, 5.41) is 0. The molecule has 1 fully saturated rings. The number of hydrogen-bond acceptors (Lipinski definition) is 3. The Kier molecular flexibility index (Phi) is 3.34. The number of nitrogens with zero attached hydrogens (tertiary/aromatic N) is 2. The van der Waals surface area contributed by atoms with Crippen LogP contribution in [0.25, 0.3) is 0 Å². The summed E-state index contributed by atoms with van der Waals surface area (Å²) in [7, 11) is 0. The van der Waals surface area contributed by atoms with Gasteiger partial charge in [-0.1, -0.05) is 18.2 Å². The third kappa shape index (κ3) is 2.84. The van der Waals surface area contributed by atoms with Crippen molar-refractivity contribution in [2.75, 3.05) is 0 Å². The number of pyridine rings is 1. The van der Waals surface area contributed by atoms with Gasteiger partial charge in [0.05, 0.1) is 5.92 Å². The molecule has 100 valence electrons. The van der Waals surface area contributed by atoms with Gasteiger partial charge in [-0.2, -0.15) is 0 Å². The molecule has 2 aliphatic rings. The molecule has 1 saturated carbocycles. The van der Waals surface area contributed by atoms with Crippen LogP contribution >= 0.6 is 0 Å². The third-order valence-electron chi connectivity index (χ3n) is 3.78. The molecule has 1 amide bonds. The molecule has 4 heteroatoms. The minimum Gasteiger partial charge on any atom is -0.335 e. The van der Waals surface area contributed by atoms with Crippen LogP contribution < -0.4 is 5.73 Å². The molecule has 19 heavy (non-hydrogen) atoms. The van der Waals surface area contributed by atoms with Gasteiger partial charge in [0.25, 0.3) is 0 Å². The largest absolute Gasteiger partial charge is 0.335 e. The zero-order chi connectivity index (χ0) is 13.2. The van der Waals surface area contributed by atoms with Crippen molar-refractivity contribution >= 4 is 5.91 Å². The molecule has 2 unspecified atom stereocenters. The first kappa shape index (κ1) is 12.4. The van der Waals surface area contributed by atoms with Gasteiger partial charge in [-0.05, 0) is 30.9 Å². The Bertz CT molecular complexity index is 481. The first-order valence-electron chi connectivity index (χ1n) is 6.87. The van der Waals surface area contributed by atoms with Gasteiger partial charge in [0.2, 0.25) is 5.91 Å². The quantitative estimate of drug-likeness (QED) is 0.831. The number of amides is 1. The molecular weight excluding hydrogens is 238 g/mol. The Morgan fingerprint density at radius 2 is 2.26 bits per heavy atom. The van der Waals surface area contributed by atoms with Gasteiger partial charge in [0.1, 0.15) is 0 Å². The summed E-state index contributed by atoms with van der Waals surface area (Å²) in [4.78, 5) is 18.7. The van der Waals surface area contributed by atoms with E-state index in [2.05, 4.69) is 4.98 Å². The van der Waals surface area contributed by atoms with Gasteiger partial charge in [-0.15, -0.1) is 0 Å². The van der Waals surface area contributed by atoms with E-state index in [4.69, 9.17) is 5.73 Å². The fourth-order valence-electron chi connectivity index (χ4n) is 2.58. The summed E-state index contributed by atoms with van der Waals surface area (Å²) in [5.41, 5.74) is 6.93. The predicted octanol–water partition coefficient (Wildman–Crippen LogP) is 1.48. The van der Waals surface area contributed by atoms with Crippen molar-refractivity contribution in [1.29, 1.82) is 0 Å². The second-order valence-corrected chi connectivity index (χ2v) is 5.45. The Hall–Kier alpha value is -1.68. The van der Waals surface area contributed by atoms with Crippen molar-refractivity contribution < 1.29 is 4.79 Å². The van der Waals surface area contributed by atoms with Crippen molar-refractivity contribution in [3.63, 3.8) is 0 Å². The zero-order valence-corrected chi connectivity index (χ0v) is 10.9. The lowest BCUT2D eigenvalue weighted by Gasteiger charge is -2.25. The Labute approximate surface area is 113 Å². The fourth-order valence-corrected chi connectivity index (χ4v) is 2.58. The molecule has 0 aromatic carbocycles. The van der Waals surface area contributed by atoms with Crippen LogP contribution in [-0.2, 0) is 11.3 Å². The maximum absolute atomic E-state index is 12.6. The van der Waals surface area contributed by atoms with E-state index in [-0.39, 0.29) is 17.9 Å². The van der Waals surface area contributed by atoms with E-state index in [1.165, 1.54) is 0 Å². The summed E-state index contributed by atoms with van der Waals surface area (Å²) < 4.78 is 0. The van der Waals surface area contributed by atoms with Gasteiger partial charge in [0.15, 0.2) is 0 Å². The minimum atomic E-state index is -0.0349. The molecule has 0 saturated heterocycles. The van der Waals surface area contributed by atoms with Gasteiger partial charge < -0.3 is 10.6 Å². The second-order valence-electron chi connectivity index (χ2n) is 5.45. The third-order valence-corrected chi connectivity index (χ3v) is 3.78. The van der Waals surface area contributed by atoms with Crippen LogP contribution in [0.2, 0.25) is 0 Å². The van der Waals surface area contributed by atoms with E-state index in [1.807, 2.05) is 35.4 Å². The van der Waals surface area contributed by atoms with Crippen LogP contribution in [0.4, 0.5) is 0 Å². The number of carbonyl (C=O) groups is 1. The average Bonchev–Trinajstić information content (AvgIpc) is 3.18. The van der Waals surface area contributed by atoms with Gasteiger partial charge in [-0.25, -0.2) is 0 Å². The normalized spacial score (nSPS) is 25.5. The van der Waals surface area contributed by atoms with E-state index in [0.29, 0.717) is 12.6 Å². The minimum absolute atomic E-state index is 0.0349. The molecule has 1 aromatic rings. The summed E-state index contributed by atoms with van der Waals surface area (Å²) in [6.07, 6.45) is 10.5. The lowest BCUT2D eigenvalue weighted by molar-refractivity contribution is -0.135. The number of rotatable bonds is 4. The molecule has 0 aliphatic heterocycles. The Balaban J connectivity index is 1.71. The second kappa shape index (κ2) is 5.13. The highest BCUT2D eigenvalue weighted by Crippen LogP contribution is 2.31. The van der Waals surface area contributed by atoms with Crippen molar-refractivity contribution in [2.24, 2.45) is 11.7 Å². The highest BCUT2D eigenvalue weighted by atomic mass is 16.2. The summed E-state index contributed by atoms with van der Waals surface area (Å²) in [6.45, 7) is 0.664. The smallest absolute Gasteiger partial charge is 0.230 e. The first-order chi connectivity index (χ1) is 9.24. The van der Waals surface area contributed by atoms with Crippen LogP contribution in [0.5, 0.6) is 0 Å². The van der Waals surface area contributed by atoms with Gasteiger partial charge in [-0.3, -0.25) is 9.78 Å². The van der Waals surface area contributed by atoms with Crippen LogP contribution in [0.15, 0.2) is 36.7 Å². The lowest BCUT2D eigenvalue weighted by atomic mass is 10.1. The molecule has 0 bridgehead atoms. The lowest BCUT2D eigenvalue weighted by Crippen LogP contribution is -2.37. The highest BCUT2D eigenvalue weighted by molar-refractivity contribution is 5.81. The average molecular weight is 257 g/mol. The number of nitrogens with two attached hydrogens (primary N) is 1. The monoisotopic (exact) mass is 257 g/mol. The molecule has 2 aliphatic carbocycles. The van der Waals surface area contributed by atoms with E-state index >= 15 is 0 Å². The highest BCUT2D eigenvalue weighted by Gasteiger charge is 2.36. The zero-order valence-electron chi connectivity index (χ0n) is 10.9. The molecule has 3 rings (SSSR count). The van der Waals surface area contributed by atoms with Crippen LogP contribution in [0, 0.1) is 5.92 Å². The SMILES string of the molecule is NC1C=CC(C(=O)N(Cc2cccnc2)C2CC2)C1.